The molecular formula is C9H16N2. The lowest BCUT2D eigenvalue weighted by Gasteiger charge is -1.96. The van der Waals surface area contributed by atoms with Crippen LogP contribution in [0.4, 0.5) is 0 Å². The van der Waals surface area contributed by atoms with E-state index in [-0.39, 0.29) is 0 Å². The Balaban J connectivity index is 2.66. The highest BCUT2D eigenvalue weighted by Gasteiger charge is 2.03. The van der Waals surface area contributed by atoms with Gasteiger partial charge in [0.15, 0.2) is 0 Å². The van der Waals surface area contributed by atoms with Crippen molar-refractivity contribution in [3.63, 3.8) is 0 Å². The minimum absolute atomic E-state index is 0.514. The van der Waals surface area contributed by atoms with Crippen LogP contribution in [0.5, 0.6) is 0 Å². The Morgan fingerprint density at radius 2 is 2.27 bits per heavy atom. The van der Waals surface area contributed by atoms with E-state index in [2.05, 4.69) is 30.7 Å². The van der Waals surface area contributed by atoms with Gasteiger partial charge in [-0.1, -0.05) is 27.2 Å². The van der Waals surface area contributed by atoms with Gasteiger partial charge in [-0.3, -0.25) is 0 Å². The molecule has 2 nitrogen and oxygen atoms in total. The third-order valence-electron chi connectivity index (χ3n) is 1.70. The van der Waals surface area contributed by atoms with E-state index in [1.165, 1.54) is 12.1 Å². The van der Waals surface area contributed by atoms with Gasteiger partial charge in [0.05, 0.1) is 5.69 Å². The second-order valence-corrected chi connectivity index (χ2v) is 3.18. The van der Waals surface area contributed by atoms with E-state index in [1.807, 2.05) is 6.20 Å². The van der Waals surface area contributed by atoms with Crippen LogP contribution in [0.15, 0.2) is 6.20 Å². The fraction of sp³-hybridized carbons (Fsp3) is 0.667. The smallest absolute Gasteiger partial charge is 0.108 e. The predicted molar refractivity (Wildman–Crippen MR) is 46.7 cm³/mol. The lowest BCUT2D eigenvalue weighted by Crippen LogP contribution is -1.90. The molecule has 0 spiro atoms. The van der Waals surface area contributed by atoms with Crippen molar-refractivity contribution in [2.45, 2.75) is 39.5 Å². The maximum absolute atomic E-state index is 4.44. The van der Waals surface area contributed by atoms with Crippen LogP contribution in [0.2, 0.25) is 0 Å². The molecule has 0 radical (unpaired) electrons. The summed E-state index contributed by atoms with van der Waals surface area (Å²) in [4.78, 5) is 7.62. The molecule has 0 amide bonds. The van der Waals surface area contributed by atoms with Gasteiger partial charge < -0.3 is 4.98 Å². The Morgan fingerprint density at radius 3 is 2.73 bits per heavy atom. The summed E-state index contributed by atoms with van der Waals surface area (Å²) >= 11 is 0. The molecule has 0 aliphatic heterocycles. The topological polar surface area (TPSA) is 28.7 Å². The molecule has 1 rings (SSSR count). The Morgan fingerprint density at radius 1 is 1.55 bits per heavy atom. The zero-order valence-corrected chi connectivity index (χ0v) is 7.52. The van der Waals surface area contributed by atoms with Crippen molar-refractivity contribution in [2.75, 3.05) is 0 Å². The molecule has 62 valence electrons. The van der Waals surface area contributed by atoms with Gasteiger partial charge in [-0.15, -0.1) is 0 Å². The Hall–Kier alpha value is -0.790. The number of aromatic amines is 1. The van der Waals surface area contributed by atoms with Crippen LogP contribution in [0, 0.1) is 0 Å². The first-order chi connectivity index (χ1) is 5.24. The minimum atomic E-state index is 0.514. The molecule has 0 aliphatic carbocycles. The third-order valence-corrected chi connectivity index (χ3v) is 1.70. The molecule has 0 aliphatic rings. The van der Waals surface area contributed by atoms with Crippen LogP contribution >= 0.6 is 0 Å². The number of H-pyrrole nitrogens is 1. The molecular weight excluding hydrogens is 136 g/mol. The summed E-state index contributed by atoms with van der Waals surface area (Å²) in [6.45, 7) is 6.47. The SMILES string of the molecule is CCCc1c[nH]c(C(C)C)n1. The van der Waals surface area contributed by atoms with Gasteiger partial charge in [0.2, 0.25) is 0 Å². The summed E-state index contributed by atoms with van der Waals surface area (Å²) < 4.78 is 0. The van der Waals surface area contributed by atoms with E-state index in [0.717, 1.165) is 12.2 Å². The van der Waals surface area contributed by atoms with Crippen molar-refractivity contribution in [1.29, 1.82) is 0 Å². The minimum Gasteiger partial charge on any atom is -0.348 e. The van der Waals surface area contributed by atoms with Crippen molar-refractivity contribution >= 4 is 0 Å². The molecule has 0 aromatic carbocycles. The summed E-state index contributed by atoms with van der Waals surface area (Å²) in [6, 6.07) is 0. The van der Waals surface area contributed by atoms with E-state index in [9.17, 15) is 0 Å². The van der Waals surface area contributed by atoms with E-state index < -0.39 is 0 Å². The van der Waals surface area contributed by atoms with Gasteiger partial charge in [-0.25, -0.2) is 4.98 Å². The molecule has 1 aromatic rings. The van der Waals surface area contributed by atoms with Gasteiger partial charge >= 0.3 is 0 Å². The summed E-state index contributed by atoms with van der Waals surface area (Å²) in [6.07, 6.45) is 4.27. The van der Waals surface area contributed by atoms with Crippen LogP contribution in [-0.2, 0) is 6.42 Å². The van der Waals surface area contributed by atoms with Crippen LogP contribution in [-0.4, -0.2) is 9.97 Å². The molecule has 11 heavy (non-hydrogen) atoms. The maximum Gasteiger partial charge on any atom is 0.108 e. The van der Waals surface area contributed by atoms with Crippen LogP contribution in [0.25, 0.3) is 0 Å². The normalized spacial score (nSPS) is 10.9. The maximum atomic E-state index is 4.44. The first-order valence-electron chi connectivity index (χ1n) is 4.28. The molecule has 0 atom stereocenters. The average Bonchev–Trinajstić information content (AvgIpc) is 2.37. The lowest BCUT2D eigenvalue weighted by atomic mass is 10.2. The summed E-state index contributed by atoms with van der Waals surface area (Å²) in [5.74, 6) is 1.62. The Bertz CT molecular complexity index is 213. The quantitative estimate of drug-likeness (QED) is 0.708. The zero-order chi connectivity index (χ0) is 8.27. The highest BCUT2D eigenvalue weighted by molar-refractivity contribution is 5.03. The van der Waals surface area contributed by atoms with E-state index >= 15 is 0 Å². The molecule has 2 heteroatoms. The molecule has 0 saturated heterocycles. The molecule has 0 fully saturated rings. The van der Waals surface area contributed by atoms with Gasteiger partial charge in [-0.05, 0) is 6.42 Å². The summed E-state index contributed by atoms with van der Waals surface area (Å²) in [5, 5.41) is 0. The first-order valence-corrected chi connectivity index (χ1v) is 4.28. The molecule has 0 bridgehead atoms. The van der Waals surface area contributed by atoms with E-state index in [1.54, 1.807) is 0 Å². The van der Waals surface area contributed by atoms with Gasteiger partial charge in [0.25, 0.3) is 0 Å². The highest BCUT2D eigenvalue weighted by atomic mass is 14.9. The van der Waals surface area contributed by atoms with E-state index in [4.69, 9.17) is 0 Å². The predicted octanol–water partition coefficient (Wildman–Crippen LogP) is 2.49. The molecule has 1 N–H and O–H groups in total. The highest BCUT2D eigenvalue weighted by Crippen LogP contribution is 2.10. The Kier molecular flexibility index (Phi) is 2.69. The zero-order valence-electron chi connectivity index (χ0n) is 7.52. The second-order valence-electron chi connectivity index (χ2n) is 3.18. The number of hydrogen-bond donors (Lipinski definition) is 1. The Labute approximate surface area is 68.0 Å². The van der Waals surface area contributed by atoms with Crippen molar-refractivity contribution < 1.29 is 0 Å². The number of rotatable bonds is 3. The molecule has 0 saturated carbocycles. The van der Waals surface area contributed by atoms with Gasteiger partial charge in [-0.2, -0.15) is 0 Å². The number of nitrogens with zero attached hydrogens (tertiary/aromatic N) is 1. The fourth-order valence-corrected chi connectivity index (χ4v) is 1.06. The van der Waals surface area contributed by atoms with Crippen molar-refractivity contribution in [1.82, 2.24) is 9.97 Å². The fourth-order valence-electron chi connectivity index (χ4n) is 1.06. The average molecular weight is 152 g/mol. The number of aryl methyl sites for hydroxylation is 1. The van der Waals surface area contributed by atoms with Crippen LogP contribution in [0.3, 0.4) is 0 Å². The van der Waals surface area contributed by atoms with Crippen molar-refractivity contribution in [2.24, 2.45) is 0 Å². The standard InChI is InChI=1S/C9H16N2/c1-4-5-8-6-10-9(11-8)7(2)3/h6-7H,4-5H2,1-3H3,(H,10,11). The number of imidazole rings is 1. The van der Waals surface area contributed by atoms with Crippen LogP contribution in [0.1, 0.15) is 44.6 Å². The first kappa shape index (κ1) is 8.31. The number of nitrogens with one attached hydrogen (secondary N) is 1. The van der Waals surface area contributed by atoms with Crippen molar-refractivity contribution in [3.8, 4) is 0 Å². The third kappa shape index (κ3) is 2.07. The number of hydrogen-bond acceptors (Lipinski definition) is 1. The van der Waals surface area contributed by atoms with E-state index in [0.29, 0.717) is 5.92 Å². The van der Waals surface area contributed by atoms with Crippen molar-refractivity contribution in [3.05, 3.63) is 17.7 Å². The number of aromatic nitrogens is 2. The molecule has 1 aromatic heterocycles. The second kappa shape index (κ2) is 3.56. The lowest BCUT2D eigenvalue weighted by molar-refractivity contribution is 0.783. The van der Waals surface area contributed by atoms with Gasteiger partial charge in [0, 0.05) is 12.1 Å². The molecule has 1 heterocycles. The largest absolute Gasteiger partial charge is 0.348 e. The van der Waals surface area contributed by atoms with Crippen LogP contribution < -0.4 is 0 Å². The summed E-state index contributed by atoms with van der Waals surface area (Å²) in [7, 11) is 0. The summed E-state index contributed by atoms with van der Waals surface area (Å²) in [5.41, 5.74) is 1.19. The monoisotopic (exact) mass is 152 g/mol. The molecule has 0 unspecified atom stereocenters. The van der Waals surface area contributed by atoms with Gasteiger partial charge in [0.1, 0.15) is 5.82 Å².